The largest absolute Gasteiger partial charge is 0.497 e. The summed E-state index contributed by atoms with van der Waals surface area (Å²) in [6, 6.07) is 13.6. The Morgan fingerprint density at radius 3 is 2.62 bits per heavy atom. The first-order valence-corrected chi connectivity index (χ1v) is 8.86. The van der Waals surface area contributed by atoms with E-state index in [1.807, 2.05) is 18.2 Å². The van der Waals surface area contributed by atoms with Gasteiger partial charge in [0, 0.05) is 12.6 Å². The number of methoxy groups -OCH3 is 1. The summed E-state index contributed by atoms with van der Waals surface area (Å²) in [4.78, 5) is 12.4. The van der Waals surface area contributed by atoms with E-state index in [1.165, 1.54) is 12.1 Å². The smallest absolute Gasteiger partial charge is 0.387 e. The molecule has 0 aliphatic heterocycles. The third kappa shape index (κ3) is 5.07. The summed E-state index contributed by atoms with van der Waals surface area (Å²) < 4.78 is 35.4. The van der Waals surface area contributed by atoms with Gasteiger partial charge in [-0.2, -0.15) is 8.78 Å². The van der Waals surface area contributed by atoms with E-state index in [1.54, 1.807) is 36.9 Å². The van der Waals surface area contributed by atoms with Crippen LogP contribution in [0.3, 0.4) is 0 Å². The van der Waals surface area contributed by atoms with E-state index in [2.05, 4.69) is 20.4 Å². The molecule has 0 atom stereocenters. The van der Waals surface area contributed by atoms with E-state index in [-0.39, 0.29) is 17.4 Å². The van der Waals surface area contributed by atoms with Crippen LogP contribution in [0, 0.1) is 6.92 Å². The molecule has 0 saturated heterocycles. The van der Waals surface area contributed by atoms with Crippen LogP contribution < -0.4 is 14.8 Å². The van der Waals surface area contributed by atoms with Gasteiger partial charge in [-0.25, -0.2) is 4.68 Å². The maximum Gasteiger partial charge on any atom is 0.387 e. The number of benzene rings is 2. The molecule has 7 nitrogen and oxygen atoms in total. The minimum absolute atomic E-state index is 0.0950. The predicted octanol–water partition coefficient (Wildman–Crippen LogP) is 3.16. The second-order valence-corrected chi connectivity index (χ2v) is 6.17. The van der Waals surface area contributed by atoms with Crippen LogP contribution in [0.2, 0.25) is 0 Å². The molecule has 9 heteroatoms. The number of amides is 1. The average molecular weight is 402 g/mol. The van der Waals surface area contributed by atoms with Gasteiger partial charge in [0.1, 0.15) is 11.5 Å². The van der Waals surface area contributed by atoms with Crippen LogP contribution in [0.25, 0.3) is 5.69 Å². The van der Waals surface area contributed by atoms with Crippen molar-refractivity contribution in [2.75, 3.05) is 13.7 Å². The zero-order valence-electron chi connectivity index (χ0n) is 15.9. The Labute approximate surface area is 166 Å². The third-order valence-electron chi connectivity index (χ3n) is 4.26. The zero-order valence-corrected chi connectivity index (χ0v) is 15.9. The van der Waals surface area contributed by atoms with Crippen molar-refractivity contribution in [3.8, 4) is 17.2 Å². The molecule has 3 rings (SSSR count). The van der Waals surface area contributed by atoms with Gasteiger partial charge < -0.3 is 14.8 Å². The zero-order chi connectivity index (χ0) is 20.8. The number of nitrogens with zero attached hydrogens (tertiary/aromatic N) is 3. The molecule has 1 aromatic heterocycles. The number of carbonyl (C=O) groups is 1. The second kappa shape index (κ2) is 9.13. The molecule has 1 amide bonds. The van der Waals surface area contributed by atoms with Crippen molar-refractivity contribution in [2.24, 2.45) is 0 Å². The Morgan fingerprint density at radius 1 is 1.17 bits per heavy atom. The van der Waals surface area contributed by atoms with Gasteiger partial charge in [0.15, 0.2) is 5.69 Å². The maximum absolute atomic E-state index is 12.4. The first-order chi connectivity index (χ1) is 14.0. The highest BCUT2D eigenvalue weighted by molar-refractivity contribution is 5.93. The summed E-state index contributed by atoms with van der Waals surface area (Å²) >= 11 is 0. The maximum atomic E-state index is 12.4. The molecule has 3 aromatic rings. The molecular formula is C20H20F2N4O3. The van der Waals surface area contributed by atoms with Crippen LogP contribution >= 0.6 is 0 Å². The monoisotopic (exact) mass is 402 g/mol. The molecule has 0 aliphatic rings. The van der Waals surface area contributed by atoms with Crippen LogP contribution in [0.1, 0.15) is 21.7 Å². The molecule has 0 spiro atoms. The quantitative estimate of drug-likeness (QED) is 0.626. The van der Waals surface area contributed by atoms with Gasteiger partial charge in [-0.1, -0.05) is 23.4 Å². The summed E-state index contributed by atoms with van der Waals surface area (Å²) in [5.41, 5.74) is 2.45. The van der Waals surface area contributed by atoms with E-state index in [0.29, 0.717) is 24.4 Å². The van der Waals surface area contributed by atoms with Crippen molar-refractivity contribution in [3.05, 3.63) is 65.5 Å². The van der Waals surface area contributed by atoms with Gasteiger partial charge >= 0.3 is 6.61 Å². The van der Waals surface area contributed by atoms with E-state index >= 15 is 0 Å². The molecule has 0 radical (unpaired) electrons. The topological polar surface area (TPSA) is 78.3 Å². The summed E-state index contributed by atoms with van der Waals surface area (Å²) in [7, 11) is 1.57. The SMILES string of the molecule is COc1cccc(-n2nnc(C(=O)NCCc3ccc(OC(F)F)cc3)c2C)c1. The number of alkyl halides is 2. The van der Waals surface area contributed by atoms with E-state index in [9.17, 15) is 13.6 Å². The lowest BCUT2D eigenvalue weighted by atomic mass is 10.1. The lowest BCUT2D eigenvalue weighted by Crippen LogP contribution is -2.26. The number of nitrogens with one attached hydrogen (secondary N) is 1. The number of hydrogen-bond acceptors (Lipinski definition) is 5. The van der Waals surface area contributed by atoms with Crippen LogP contribution in [0.4, 0.5) is 8.78 Å². The molecule has 29 heavy (non-hydrogen) atoms. The average Bonchev–Trinajstić information content (AvgIpc) is 3.10. The fraction of sp³-hybridized carbons (Fsp3) is 0.250. The van der Waals surface area contributed by atoms with Crippen LogP contribution in [0.5, 0.6) is 11.5 Å². The Kier molecular flexibility index (Phi) is 6.38. The molecule has 0 unspecified atom stereocenters. The molecule has 152 valence electrons. The van der Waals surface area contributed by atoms with Crippen LogP contribution in [-0.4, -0.2) is 41.2 Å². The molecule has 0 bridgehead atoms. The van der Waals surface area contributed by atoms with Crippen LogP contribution in [0.15, 0.2) is 48.5 Å². The molecular weight excluding hydrogens is 382 g/mol. The van der Waals surface area contributed by atoms with E-state index in [0.717, 1.165) is 11.3 Å². The highest BCUT2D eigenvalue weighted by Crippen LogP contribution is 2.18. The summed E-state index contributed by atoms with van der Waals surface area (Å²) in [6.45, 7) is -0.732. The number of aromatic nitrogens is 3. The van der Waals surface area contributed by atoms with Crippen molar-refractivity contribution in [1.29, 1.82) is 0 Å². The van der Waals surface area contributed by atoms with Gasteiger partial charge in [0.2, 0.25) is 0 Å². The third-order valence-corrected chi connectivity index (χ3v) is 4.26. The lowest BCUT2D eigenvalue weighted by molar-refractivity contribution is -0.0498. The fourth-order valence-corrected chi connectivity index (χ4v) is 2.77. The second-order valence-electron chi connectivity index (χ2n) is 6.17. The van der Waals surface area contributed by atoms with E-state index < -0.39 is 6.61 Å². The minimum Gasteiger partial charge on any atom is -0.497 e. The lowest BCUT2D eigenvalue weighted by Gasteiger charge is -2.07. The highest BCUT2D eigenvalue weighted by Gasteiger charge is 2.17. The van der Waals surface area contributed by atoms with Gasteiger partial charge in [-0.15, -0.1) is 5.10 Å². The number of carbonyl (C=O) groups excluding carboxylic acids is 1. The number of halogens is 2. The molecule has 0 saturated carbocycles. The Bertz CT molecular complexity index is 974. The predicted molar refractivity (Wildman–Crippen MR) is 102 cm³/mol. The molecule has 1 heterocycles. The Balaban J connectivity index is 1.59. The Morgan fingerprint density at radius 2 is 1.93 bits per heavy atom. The first-order valence-electron chi connectivity index (χ1n) is 8.86. The normalized spacial score (nSPS) is 10.8. The number of hydrogen-bond donors (Lipinski definition) is 1. The number of rotatable bonds is 8. The van der Waals surface area contributed by atoms with Crippen molar-refractivity contribution in [3.63, 3.8) is 0 Å². The molecule has 1 N–H and O–H groups in total. The van der Waals surface area contributed by atoms with Crippen molar-refractivity contribution >= 4 is 5.91 Å². The van der Waals surface area contributed by atoms with Gasteiger partial charge in [-0.05, 0) is 43.2 Å². The number of ether oxygens (including phenoxy) is 2. The van der Waals surface area contributed by atoms with E-state index in [4.69, 9.17) is 4.74 Å². The first kappa shape index (κ1) is 20.2. The minimum atomic E-state index is -2.85. The van der Waals surface area contributed by atoms with Crippen LogP contribution in [-0.2, 0) is 6.42 Å². The highest BCUT2D eigenvalue weighted by atomic mass is 19.3. The standard InChI is InChI=1S/C20H20F2N4O3/c1-13-18(24-25-26(13)15-4-3-5-17(12-15)28-2)19(27)23-11-10-14-6-8-16(9-7-14)29-20(21)22/h3-9,12,20H,10-11H2,1-2H3,(H,23,27). The molecule has 2 aromatic carbocycles. The van der Waals surface area contributed by atoms with Gasteiger partial charge in [-0.3, -0.25) is 4.79 Å². The summed E-state index contributed by atoms with van der Waals surface area (Å²) in [6.07, 6.45) is 0.532. The Hall–Kier alpha value is -3.49. The summed E-state index contributed by atoms with van der Waals surface area (Å²) in [5, 5.41) is 10.8. The van der Waals surface area contributed by atoms with Gasteiger partial charge in [0.05, 0.1) is 18.5 Å². The fourth-order valence-electron chi connectivity index (χ4n) is 2.77. The van der Waals surface area contributed by atoms with Crippen molar-refractivity contribution in [1.82, 2.24) is 20.3 Å². The van der Waals surface area contributed by atoms with Gasteiger partial charge in [0.25, 0.3) is 5.91 Å². The molecule has 0 fully saturated rings. The summed E-state index contributed by atoms with van der Waals surface area (Å²) in [5.74, 6) is 0.431. The molecule has 0 aliphatic carbocycles. The van der Waals surface area contributed by atoms with Crippen molar-refractivity contribution < 1.29 is 23.0 Å². The van der Waals surface area contributed by atoms with Crippen molar-refractivity contribution in [2.45, 2.75) is 20.0 Å².